The Balaban J connectivity index is 4.21. The average Bonchev–Trinajstić information content (AvgIpc) is 2.15. The summed E-state index contributed by atoms with van der Waals surface area (Å²) in [5, 5.41) is 0. The summed E-state index contributed by atoms with van der Waals surface area (Å²) in [5.74, 6) is 0.500. The largest absolute Gasteiger partial charge is 0.402 e. The van der Waals surface area contributed by atoms with E-state index in [0.29, 0.717) is 5.92 Å². The van der Waals surface area contributed by atoms with E-state index in [4.69, 9.17) is 5.73 Å². The molecule has 0 heterocycles. The van der Waals surface area contributed by atoms with Gasteiger partial charge in [0, 0.05) is 5.70 Å². The molecule has 82 valence electrons. The SMILES string of the molecule is C=C(/C(C)=C(/N)CCCCC)C(C)C. The molecule has 0 aromatic rings. The molecule has 0 aromatic heterocycles. The van der Waals surface area contributed by atoms with Crippen LogP contribution in [0.3, 0.4) is 0 Å². The fraction of sp³-hybridized carbons (Fsp3) is 0.692. The van der Waals surface area contributed by atoms with Gasteiger partial charge in [-0.15, -0.1) is 0 Å². The van der Waals surface area contributed by atoms with Crippen LogP contribution in [-0.2, 0) is 0 Å². The predicted octanol–water partition coefficient (Wildman–Crippen LogP) is 4.01. The van der Waals surface area contributed by atoms with Crippen LogP contribution >= 0.6 is 0 Å². The van der Waals surface area contributed by atoms with Crippen molar-refractivity contribution >= 4 is 0 Å². The van der Waals surface area contributed by atoms with Gasteiger partial charge in [0.05, 0.1) is 0 Å². The van der Waals surface area contributed by atoms with E-state index in [1.165, 1.54) is 30.4 Å². The highest BCUT2D eigenvalue weighted by Crippen LogP contribution is 2.20. The van der Waals surface area contributed by atoms with Gasteiger partial charge in [-0.1, -0.05) is 40.2 Å². The minimum absolute atomic E-state index is 0.500. The van der Waals surface area contributed by atoms with E-state index in [-0.39, 0.29) is 0 Å². The number of unbranched alkanes of at least 4 members (excludes halogenated alkanes) is 2. The summed E-state index contributed by atoms with van der Waals surface area (Å²) < 4.78 is 0. The van der Waals surface area contributed by atoms with Crippen LogP contribution < -0.4 is 5.73 Å². The van der Waals surface area contributed by atoms with E-state index < -0.39 is 0 Å². The molecule has 0 rings (SSSR count). The van der Waals surface area contributed by atoms with Gasteiger partial charge in [0.1, 0.15) is 0 Å². The van der Waals surface area contributed by atoms with Crippen molar-refractivity contribution in [3.63, 3.8) is 0 Å². The van der Waals surface area contributed by atoms with Crippen molar-refractivity contribution in [1.82, 2.24) is 0 Å². The fourth-order valence-corrected chi connectivity index (χ4v) is 1.39. The third-order valence-electron chi connectivity index (χ3n) is 2.71. The summed E-state index contributed by atoms with van der Waals surface area (Å²) in [5.41, 5.74) is 9.42. The van der Waals surface area contributed by atoms with Crippen LogP contribution in [0.15, 0.2) is 23.4 Å². The third-order valence-corrected chi connectivity index (χ3v) is 2.71. The molecule has 0 radical (unpaired) electrons. The monoisotopic (exact) mass is 195 g/mol. The van der Waals surface area contributed by atoms with Crippen molar-refractivity contribution in [2.75, 3.05) is 0 Å². The minimum atomic E-state index is 0.500. The number of hydrogen-bond donors (Lipinski definition) is 1. The van der Waals surface area contributed by atoms with Crippen molar-refractivity contribution < 1.29 is 0 Å². The molecule has 14 heavy (non-hydrogen) atoms. The molecule has 0 unspecified atom stereocenters. The molecule has 0 aliphatic rings. The Morgan fingerprint density at radius 3 is 2.29 bits per heavy atom. The maximum absolute atomic E-state index is 6.02. The maximum atomic E-state index is 6.02. The van der Waals surface area contributed by atoms with Gasteiger partial charge in [0.15, 0.2) is 0 Å². The van der Waals surface area contributed by atoms with Crippen molar-refractivity contribution in [1.29, 1.82) is 0 Å². The van der Waals surface area contributed by atoms with E-state index >= 15 is 0 Å². The first-order valence-electron chi connectivity index (χ1n) is 5.65. The number of rotatable bonds is 6. The summed E-state index contributed by atoms with van der Waals surface area (Å²) >= 11 is 0. The molecule has 2 N–H and O–H groups in total. The molecule has 0 atom stereocenters. The van der Waals surface area contributed by atoms with Gasteiger partial charge in [-0.3, -0.25) is 0 Å². The van der Waals surface area contributed by atoms with E-state index in [1.54, 1.807) is 0 Å². The molecule has 0 spiro atoms. The maximum Gasteiger partial charge on any atom is 0.0113 e. The molecular formula is C13H25N. The van der Waals surface area contributed by atoms with Crippen LogP contribution in [0.2, 0.25) is 0 Å². The second kappa shape index (κ2) is 6.69. The Morgan fingerprint density at radius 2 is 1.86 bits per heavy atom. The molecule has 0 amide bonds. The second-order valence-corrected chi connectivity index (χ2v) is 4.29. The summed E-state index contributed by atoms with van der Waals surface area (Å²) in [4.78, 5) is 0. The Labute approximate surface area is 89.1 Å². The van der Waals surface area contributed by atoms with Crippen molar-refractivity contribution in [2.24, 2.45) is 11.7 Å². The highest BCUT2D eigenvalue weighted by atomic mass is 14.6. The molecule has 0 aromatic carbocycles. The normalized spacial score (nSPS) is 12.9. The molecule has 0 fully saturated rings. The molecule has 0 aliphatic heterocycles. The van der Waals surface area contributed by atoms with Gasteiger partial charge in [-0.05, 0) is 36.8 Å². The number of hydrogen-bond acceptors (Lipinski definition) is 1. The molecule has 1 nitrogen and oxygen atoms in total. The van der Waals surface area contributed by atoms with Crippen LogP contribution in [0.25, 0.3) is 0 Å². The number of allylic oxidation sites excluding steroid dienone is 3. The van der Waals surface area contributed by atoms with Crippen LogP contribution in [0.4, 0.5) is 0 Å². The van der Waals surface area contributed by atoms with Gasteiger partial charge in [-0.2, -0.15) is 0 Å². The van der Waals surface area contributed by atoms with Gasteiger partial charge in [-0.25, -0.2) is 0 Å². The Morgan fingerprint density at radius 1 is 1.29 bits per heavy atom. The smallest absolute Gasteiger partial charge is 0.0113 e. The van der Waals surface area contributed by atoms with E-state index in [0.717, 1.165) is 12.1 Å². The summed E-state index contributed by atoms with van der Waals surface area (Å²) in [7, 11) is 0. The van der Waals surface area contributed by atoms with Gasteiger partial charge < -0.3 is 5.73 Å². The predicted molar refractivity (Wildman–Crippen MR) is 65.0 cm³/mol. The lowest BCUT2D eigenvalue weighted by Gasteiger charge is -2.13. The average molecular weight is 195 g/mol. The van der Waals surface area contributed by atoms with Crippen LogP contribution in [0.1, 0.15) is 53.4 Å². The first-order valence-corrected chi connectivity index (χ1v) is 5.65. The van der Waals surface area contributed by atoms with Crippen molar-refractivity contribution in [3.05, 3.63) is 23.4 Å². The zero-order chi connectivity index (χ0) is 11.1. The van der Waals surface area contributed by atoms with E-state index in [9.17, 15) is 0 Å². The molecule has 0 aliphatic carbocycles. The highest BCUT2D eigenvalue weighted by Gasteiger charge is 2.05. The summed E-state index contributed by atoms with van der Waals surface area (Å²) in [6, 6.07) is 0. The Bertz CT molecular complexity index is 211. The zero-order valence-electron chi connectivity index (χ0n) is 10.2. The zero-order valence-corrected chi connectivity index (χ0v) is 10.2. The topological polar surface area (TPSA) is 26.0 Å². The molecule has 1 heteroatoms. The van der Waals surface area contributed by atoms with Gasteiger partial charge in [0.25, 0.3) is 0 Å². The lowest BCUT2D eigenvalue weighted by atomic mass is 9.95. The Hall–Kier alpha value is -0.720. The first kappa shape index (κ1) is 13.3. The third kappa shape index (κ3) is 4.50. The quantitative estimate of drug-likeness (QED) is 0.503. The highest BCUT2D eigenvalue weighted by molar-refractivity contribution is 5.31. The van der Waals surface area contributed by atoms with Crippen LogP contribution in [0.5, 0.6) is 0 Å². The Kier molecular flexibility index (Phi) is 6.35. The van der Waals surface area contributed by atoms with Crippen LogP contribution in [0, 0.1) is 5.92 Å². The minimum Gasteiger partial charge on any atom is -0.402 e. The van der Waals surface area contributed by atoms with E-state index in [1.807, 2.05) is 0 Å². The molecule has 0 saturated heterocycles. The second-order valence-electron chi connectivity index (χ2n) is 4.29. The molecule has 0 bridgehead atoms. The number of nitrogens with two attached hydrogens (primary N) is 1. The summed E-state index contributed by atoms with van der Waals surface area (Å²) in [6.07, 6.45) is 4.73. The van der Waals surface area contributed by atoms with Crippen molar-refractivity contribution in [3.8, 4) is 0 Å². The lowest BCUT2D eigenvalue weighted by Crippen LogP contribution is -2.05. The van der Waals surface area contributed by atoms with Crippen molar-refractivity contribution in [2.45, 2.75) is 53.4 Å². The van der Waals surface area contributed by atoms with Gasteiger partial charge >= 0.3 is 0 Å². The fourth-order valence-electron chi connectivity index (χ4n) is 1.39. The summed E-state index contributed by atoms with van der Waals surface area (Å²) in [6.45, 7) is 12.7. The van der Waals surface area contributed by atoms with Gasteiger partial charge in [0.2, 0.25) is 0 Å². The molecular weight excluding hydrogens is 170 g/mol. The standard InChI is InChI=1S/C13H25N/c1-6-7-8-9-13(14)12(5)11(4)10(2)3/h10H,4,6-9,14H2,1-3,5H3/b13-12+. The molecule has 0 saturated carbocycles. The first-order chi connectivity index (χ1) is 6.50. The lowest BCUT2D eigenvalue weighted by molar-refractivity contribution is 0.701. The van der Waals surface area contributed by atoms with Crippen LogP contribution in [-0.4, -0.2) is 0 Å². The van der Waals surface area contributed by atoms with E-state index in [2.05, 4.69) is 34.3 Å².